The molecule has 0 fully saturated rings. The molecule has 0 aromatic carbocycles. The Morgan fingerprint density at radius 1 is 1.50 bits per heavy atom. The first-order chi connectivity index (χ1) is 5.83. The Balaban J connectivity index is 0. The summed E-state index contributed by atoms with van der Waals surface area (Å²) in [7, 11) is 3.33. The van der Waals surface area contributed by atoms with E-state index in [0.29, 0.717) is 25.1 Å². The fourth-order valence-corrected chi connectivity index (χ4v) is 0.740. The second kappa shape index (κ2) is 6.98. The van der Waals surface area contributed by atoms with Gasteiger partial charge >= 0.3 is 5.97 Å². The van der Waals surface area contributed by atoms with Gasteiger partial charge in [-0.05, 0) is 6.92 Å². The fourth-order valence-electron chi connectivity index (χ4n) is 0.740. The van der Waals surface area contributed by atoms with E-state index in [4.69, 9.17) is 4.74 Å². The van der Waals surface area contributed by atoms with Gasteiger partial charge in [0.1, 0.15) is 6.54 Å². The van der Waals surface area contributed by atoms with Crippen molar-refractivity contribution in [2.75, 3.05) is 27.2 Å². The van der Waals surface area contributed by atoms with Crippen LogP contribution in [-0.2, 0) is 9.53 Å². The minimum atomic E-state index is -0.372. The summed E-state index contributed by atoms with van der Waals surface area (Å²) in [5.41, 5.74) is 0.401. The topological polar surface area (TPSA) is 46.5 Å². The fraction of sp³-hybridized carbons (Fsp3) is 0.667. The average molecular weight is 268 g/mol. The Hall–Kier alpha value is -0.390. The van der Waals surface area contributed by atoms with Crippen molar-refractivity contribution in [1.29, 1.82) is 0 Å². The van der Waals surface area contributed by atoms with Crippen LogP contribution in [0.5, 0.6) is 0 Å². The van der Waals surface area contributed by atoms with Crippen LogP contribution in [0.2, 0.25) is 0 Å². The normalized spacial score (nSPS) is 10.3. The lowest BCUT2D eigenvalue weighted by Crippen LogP contribution is -3.00. The third-order valence-electron chi connectivity index (χ3n) is 1.43. The molecule has 0 aliphatic heterocycles. The van der Waals surface area contributed by atoms with Crippen LogP contribution in [-0.4, -0.2) is 43.1 Å². The molecule has 0 amide bonds. The van der Waals surface area contributed by atoms with Gasteiger partial charge in [0.25, 0.3) is 0 Å². The van der Waals surface area contributed by atoms with Gasteiger partial charge in [0.15, 0.2) is 0 Å². The summed E-state index contributed by atoms with van der Waals surface area (Å²) in [5.74, 6) is -0.372. The third kappa shape index (κ3) is 9.70. The first kappa shape index (κ1) is 16.1. The molecule has 0 unspecified atom stereocenters. The first-order valence-electron chi connectivity index (χ1n) is 4.21. The summed E-state index contributed by atoms with van der Waals surface area (Å²) < 4.78 is 4.73. The van der Waals surface area contributed by atoms with E-state index >= 15 is 0 Å². The molecule has 14 heavy (non-hydrogen) atoms. The van der Waals surface area contributed by atoms with Crippen molar-refractivity contribution < 1.29 is 36.4 Å². The van der Waals surface area contributed by atoms with Crippen LogP contribution in [0.3, 0.4) is 0 Å². The smallest absolute Gasteiger partial charge is 0.333 e. The zero-order valence-electron chi connectivity index (χ0n) is 8.92. The van der Waals surface area contributed by atoms with Crippen LogP contribution in [0.15, 0.2) is 12.2 Å². The van der Waals surface area contributed by atoms with Gasteiger partial charge in [-0.25, -0.2) is 10.0 Å². The maximum atomic E-state index is 10.9. The Morgan fingerprint density at radius 3 is 2.36 bits per heavy atom. The van der Waals surface area contributed by atoms with Crippen molar-refractivity contribution in [3.8, 4) is 0 Å². The van der Waals surface area contributed by atoms with Crippen LogP contribution in [0.1, 0.15) is 13.3 Å². The van der Waals surface area contributed by atoms with Crippen molar-refractivity contribution in [3.63, 3.8) is 0 Å². The van der Waals surface area contributed by atoms with Gasteiger partial charge in [-0.3, -0.25) is 0 Å². The highest BCUT2D eigenvalue weighted by atomic mass is 79.9. The number of hydroxylamine groups is 3. The molecule has 0 aromatic heterocycles. The molecule has 0 saturated carbocycles. The Kier molecular flexibility index (Phi) is 8.00. The number of carbonyl (C=O) groups excluding carboxylic acids is 1. The Morgan fingerprint density at radius 2 is 2.00 bits per heavy atom. The lowest BCUT2D eigenvalue weighted by Gasteiger charge is -2.18. The molecule has 0 rings (SSSR count). The number of rotatable bonds is 5. The van der Waals surface area contributed by atoms with E-state index in [0.717, 1.165) is 0 Å². The van der Waals surface area contributed by atoms with E-state index in [-0.39, 0.29) is 27.6 Å². The quantitative estimate of drug-likeness (QED) is 0.206. The number of carbonyl (C=O) groups is 1. The molecule has 0 aliphatic rings. The van der Waals surface area contributed by atoms with Crippen LogP contribution in [0.25, 0.3) is 0 Å². The molecular formula is C9H18BrNO3. The van der Waals surface area contributed by atoms with E-state index in [2.05, 4.69) is 6.58 Å². The minimum absolute atomic E-state index is 0. The van der Waals surface area contributed by atoms with E-state index in [1.165, 1.54) is 0 Å². The van der Waals surface area contributed by atoms with Crippen LogP contribution in [0, 0.1) is 0 Å². The van der Waals surface area contributed by atoms with Gasteiger partial charge in [0.05, 0.1) is 20.7 Å². The van der Waals surface area contributed by atoms with Crippen molar-refractivity contribution in [2.24, 2.45) is 0 Å². The van der Waals surface area contributed by atoms with Gasteiger partial charge in [-0.15, -0.1) is 0 Å². The predicted molar refractivity (Wildman–Crippen MR) is 49.2 cm³/mol. The number of nitrogens with zero attached hydrogens (tertiary/aromatic N) is 1. The zero-order chi connectivity index (χ0) is 10.5. The van der Waals surface area contributed by atoms with Crippen LogP contribution >= 0.6 is 0 Å². The van der Waals surface area contributed by atoms with Gasteiger partial charge < -0.3 is 21.7 Å². The highest BCUT2D eigenvalue weighted by molar-refractivity contribution is 5.86. The zero-order valence-corrected chi connectivity index (χ0v) is 10.5. The molecule has 0 spiro atoms. The van der Waals surface area contributed by atoms with E-state index in [9.17, 15) is 10.0 Å². The number of hydrogen-bond donors (Lipinski definition) is 1. The molecule has 4 nitrogen and oxygen atoms in total. The predicted octanol–water partition coefficient (Wildman–Crippen LogP) is -2.03. The molecule has 0 heterocycles. The van der Waals surface area contributed by atoms with Crippen molar-refractivity contribution >= 4 is 5.97 Å². The average Bonchev–Trinajstić information content (AvgIpc) is 1.95. The molecule has 1 N–H and O–H groups in total. The summed E-state index contributed by atoms with van der Waals surface area (Å²) in [5, 5.41) is 9.27. The van der Waals surface area contributed by atoms with Gasteiger partial charge in [-0.1, -0.05) is 6.58 Å². The van der Waals surface area contributed by atoms with Gasteiger partial charge in [0, 0.05) is 12.0 Å². The number of hydrogen-bond acceptors (Lipinski definition) is 3. The largest absolute Gasteiger partial charge is 1.00 e. The second-order valence-electron chi connectivity index (χ2n) is 3.61. The summed E-state index contributed by atoms with van der Waals surface area (Å²) in [6.45, 7) is 5.95. The minimum Gasteiger partial charge on any atom is -1.00 e. The molecule has 0 aromatic rings. The molecule has 84 valence electrons. The van der Waals surface area contributed by atoms with Crippen molar-refractivity contribution in [1.82, 2.24) is 0 Å². The summed E-state index contributed by atoms with van der Waals surface area (Å²) in [4.78, 5) is 10.9. The van der Waals surface area contributed by atoms with Crippen molar-refractivity contribution in [2.45, 2.75) is 13.3 Å². The molecular weight excluding hydrogens is 250 g/mol. The maximum absolute atomic E-state index is 10.9. The summed E-state index contributed by atoms with van der Waals surface area (Å²) in [6, 6.07) is 0. The number of halogens is 1. The molecule has 5 heteroatoms. The summed E-state index contributed by atoms with van der Waals surface area (Å²) >= 11 is 0. The Bertz CT molecular complexity index is 199. The van der Waals surface area contributed by atoms with E-state index in [1.807, 2.05) is 0 Å². The maximum Gasteiger partial charge on any atom is 0.333 e. The molecule has 0 bridgehead atoms. The van der Waals surface area contributed by atoms with Crippen LogP contribution in [0.4, 0.5) is 0 Å². The van der Waals surface area contributed by atoms with Crippen molar-refractivity contribution in [3.05, 3.63) is 12.2 Å². The van der Waals surface area contributed by atoms with Crippen LogP contribution < -0.4 is 17.0 Å². The Labute approximate surface area is 95.5 Å². The summed E-state index contributed by atoms with van der Waals surface area (Å²) in [6.07, 6.45) is 0.641. The SMILES string of the molecule is C=C(C)C(=O)OCCC[N+](C)(C)O.[Br-]. The number of esters is 1. The number of ether oxygens (including phenoxy) is 1. The lowest BCUT2D eigenvalue weighted by molar-refractivity contribution is -1.07. The third-order valence-corrected chi connectivity index (χ3v) is 1.43. The monoisotopic (exact) mass is 267 g/mol. The second-order valence-corrected chi connectivity index (χ2v) is 3.61. The molecule has 0 atom stereocenters. The highest BCUT2D eigenvalue weighted by Gasteiger charge is 2.10. The molecule has 0 saturated heterocycles. The first-order valence-corrected chi connectivity index (χ1v) is 4.21. The number of quaternary nitrogens is 1. The highest BCUT2D eigenvalue weighted by Crippen LogP contribution is 1.96. The van der Waals surface area contributed by atoms with E-state index < -0.39 is 0 Å². The molecule has 0 aliphatic carbocycles. The lowest BCUT2D eigenvalue weighted by atomic mass is 10.3. The van der Waals surface area contributed by atoms with Gasteiger partial charge in [-0.2, -0.15) is 4.65 Å². The standard InChI is InChI=1S/C9H18NO3.BrH/c1-8(2)9(11)13-7-5-6-10(3,4)12;/h12H,1,5-7H2,2-4H3;1H/q+1;/p-1. The molecule has 0 radical (unpaired) electrons. The van der Waals surface area contributed by atoms with E-state index in [1.54, 1.807) is 21.0 Å². The van der Waals surface area contributed by atoms with Gasteiger partial charge in [0.2, 0.25) is 0 Å².